The molecule has 2 aromatic rings. The molecule has 5 heteroatoms. The van der Waals surface area contributed by atoms with E-state index in [1.54, 1.807) is 14.0 Å². The van der Waals surface area contributed by atoms with Gasteiger partial charge in [-0.15, -0.1) is 10.2 Å². The summed E-state index contributed by atoms with van der Waals surface area (Å²) in [7, 11) is 1.58. The predicted octanol–water partition coefficient (Wildman–Crippen LogP) is 2.11. The molecular formula is C12H14N2O3. The van der Waals surface area contributed by atoms with E-state index in [4.69, 9.17) is 9.15 Å². The third-order valence-corrected chi connectivity index (χ3v) is 2.38. The van der Waals surface area contributed by atoms with Gasteiger partial charge in [0.2, 0.25) is 5.89 Å². The van der Waals surface area contributed by atoms with Crippen molar-refractivity contribution in [2.24, 2.45) is 0 Å². The van der Waals surface area contributed by atoms with Crippen molar-refractivity contribution in [1.29, 1.82) is 0 Å². The summed E-state index contributed by atoms with van der Waals surface area (Å²) in [4.78, 5) is 0. The highest BCUT2D eigenvalue weighted by atomic mass is 16.5. The third kappa shape index (κ3) is 2.29. The molecule has 90 valence electrons. The highest BCUT2D eigenvalue weighted by Gasteiger charge is 2.15. The number of aliphatic hydroxyl groups is 1. The molecule has 5 nitrogen and oxygen atoms in total. The molecule has 0 radical (unpaired) electrons. The Balaban J connectivity index is 2.47. The number of methoxy groups -OCH3 is 1. The van der Waals surface area contributed by atoms with Gasteiger partial charge in [0.1, 0.15) is 11.9 Å². The predicted molar refractivity (Wildman–Crippen MR) is 61.7 cm³/mol. The molecule has 0 saturated carbocycles. The first-order valence-electron chi connectivity index (χ1n) is 5.28. The van der Waals surface area contributed by atoms with Crippen LogP contribution in [0.3, 0.4) is 0 Å². The zero-order valence-electron chi connectivity index (χ0n) is 9.97. The lowest BCUT2D eigenvalue weighted by atomic mass is 10.1. The molecule has 1 heterocycles. The van der Waals surface area contributed by atoms with Crippen LogP contribution in [0.15, 0.2) is 22.6 Å². The minimum atomic E-state index is -0.771. The van der Waals surface area contributed by atoms with E-state index in [1.807, 2.05) is 25.1 Å². The van der Waals surface area contributed by atoms with Crippen LogP contribution in [0.4, 0.5) is 0 Å². The molecular weight excluding hydrogens is 220 g/mol. The van der Waals surface area contributed by atoms with E-state index in [0.717, 1.165) is 11.1 Å². The maximum atomic E-state index is 9.34. The molecule has 0 aliphatic carbocycles. The standard InChI is InChI=1S/C12H14N2O3/c1-7-4-5-10(16-3)9(6-7)12-14-13-11(17-12)8(2)15/h4-6,8,15H,1-3H3. The quantitative estimate of drug-likeness (QED) is 0.880. The van der Waals surface area contributed by atoms with Crippen LogP contribution in [0.1, 0.15) is 24.5 Å². The molecule has 17 heavy (non-hydrogen) atoms. The fraction of sp³-hybridized carbons (Fsp3) is 0.333. The number of rotatable bonds is 3. The van der Waals surface area contributed by atoms with E-state index in [9.17, 15) is 5.11 Å². The van der Waals surface area contributed by atoms with Gasteiger partial charge >= 0.3 is 0 Å². The average molecular weight is 234 g/mol. The van der Waals surface area contributed by atoms with Crippen molar-refractivity contribution >= 4 is 0 Å². The third-order valence-electron chi connectivity index (χ3n) is 2.38. The minimum Gasteiger partial charge on any atom is -0.496 e. The molecule has 0 aliphatic rings. The second kappa shape index (κ2) is 4.55. The number of benzene rings is 1. The van der Waals surface area contributed by atoms with Crippen molar-refractivity contribution in [3.8, 4) is 17.2 Å². The summed E-state index contributed by atoms with van der Waals surface area (Å²) >= 11 is 0. The van der Waals surface area contributed by atoms with Crippen LogP contribution >= 0.6 is 0 Å². The largest absolute Gasteiger partial charge is 0.496 e. The number of nitrogens with zero attached hydrogens (tertiary/aromatic N) is 2. The van der Waals surface area contributed by atoms with Crippen molar-refractivity contribution in [1.82, 2.24) is 10.2 Å². The van der Waals surface area contributed by atoms with Crippen LogP contribution < -0.4 is 4.74 Å². The Labute approximate surface area is 99.1 Å². The van der Waals surface area contributed by atoms with Crippen molar-refractivity contribution in [3.05, 3.63) is 29.7 Å². The van der Waals surface area contributed by atoms with E-state index < -0.39 is 6.10 Å². The topological polar surface area (TPSA) is 68.4 Å². The Morgan fingerprint density at radius 2 is 2.12 bits per heavy atom. The molecule has 0 fully saturated rings. The molecule has 1 N–H and O–H groups in total. The summed E-state index contributed by atoms with van der Waals surface area (Å²) in [5.74, 6) is 1.21. The van der Waals surface area contributed by atoms with E-state index >= 15 is 0 Å². The van der Waals surface area contributed by atoms with Gasteiger partial charge in [-0.2, -0.15) is 0 Å². The molecule has 0 spiro atoms. The van der Waals surface area contributed by atoms with Gasteiger partial charge in [0.15, 0.2) is 0 Å². The summed E-state index contributed by atoms with van der Waals surface area (Å²) in [5.41, 5.74) is 1.80. The summed E-state index contributed by atoms with van der Waals surface area (Å²) in [6, 6.07) is 5.68. The van der Waals surface area contributed by atoms with Gasteiger partial charge in [0.25, 0.3) is 5.89 Å². The molecule has 0 aliphatic heterocycles. The lowest BCUT2D eigenvalue weighted by Gasteiger charge is -2.05. The van der Waals surface area contributed by atoms with Crippen molar-refractivity contribution in [3.63, 3.8) is 0 Å². The number of aliphatic hydroxyl groups excluding tert-OH is 1. The van der Waals surface area contributed by atoms with Crippen molar-refractivity contribution < 1.29 is 14.3 Å². The molecule has 0 amide bonds. The van der Waals surface area contributed by atoms with Gasteiger partial charge in [0.05, 0.1) is 12.7 Å². The lowest BCUT2D eigenvalue weighted by molar-refractivity contribution is 0.163. The first kappa shape index (κ1) is 11.6. The molecule has 1 atom stereocenters. The first-order chi connectivity index (χ1) is 8.11. The second-order valence-electron chi connectivity index (χ2n) is 3.83. The zero-order chi connectivity index (χ0) is 12.4. The summed E-state index contributed by atoms with van der Waals surface area (Å²) in [5, 5.41) is 17.0. The normalized spacial score (nSPS) is 12.5. The maximum absolute atomic E-state index is 9.34. The zero-order valence-corrected chi connectivity index (χ0v) is 9.97. The van der Waals surface area contributed by atoms with Crippen molar-refractivity contribution in [2.75, 3.05) is 7.11 Å². The van der Waals surface area contributed by atoms with E-state index in [0.29, 0.717) is 11.6 Å². The second-order valence-corrected chi connectivity index (χ2v) is 3.83. The fourth-order valence-corrected chi connectivity index (χ4v) is 1.50. The molecule has 0 saturated heterocycles. The summed E-state index contributed by atoms with van der Waals surface area (Å²) in [6.45, 7) is 3.54. The van der Waals surface area contributed by atoms with Gasteiger partial charge in [0, 0.05) is 0 Å². The number of hydrogen-bond donors (Lipinski definition) is 1. The Kier molecular flexibility index (Phi) is 3.10. The fourth-order valence-electron chi connectivity index (χ4n) is 1.50. The molecule has 2 rings (SSSR count). The molecule has 1 aromatic carbocycles. The van der Waals surface area contributed by atoms with Crippen LogP contribution in [-0.4, -0.2) is 22.4 Å². The minimum absolute atomic E-state index is 0.198. The monoisotopic (exact) mass is 234 g/mol. The van der Waals surface area contributed by atoms with Gasteiger partial charge in [-0.25, -0.2) is 0 Å². The Bertz CT molecular complexity index is 520. The Morgan fingerprint density at radius 3 is 2.71 bits per heavy atom. The van der Waals surface area contributed by atoms with Crippen LogP contribution in [0.5, 0.6) is 5.75 Å². The van der Waals surface area contributed by atoms with Gasteiger partial charge < -0.3 is 14.3 Å². The maximum Gasteiger partial charge on any atom is 0.251 e. The number of hydrogen-bond acceptors (Lipinski definition) is 5. The van der Waals surface area contributed by atoms with E-state index in [2.05, 4.69) is 10.2 Å². The summed E-state index contributed by atoms with van der Waals surface area (Å²) in [6.07, 6.45) is -0.771. The number of ether oxygens (including phenoxy) is 1. The first-order valence-corrected chi connectivity index (χ1v) is 5.28. The van der Waals surface area contributed by atoms with E-state index in [1.165, 1.54) is 0 Å². The van der Waals surface area contributed by atoms with E-state index in [-0.39, 0.29) is 5.89 Å². The van der Waals surface area contributed by atoms with Crippen molar-refractivity contribution in [2.45, 2.75) is 20.0 Å². The van der Waals surface area contributed by atoms with Crippen LogP contribution in [0.2, 0.25) is 0 Å². The Hall–Kier alpha value is -1.88. The highest BCUT2D eigenvalue weighted by Crippen LogP contribution is 2.30. The van der Waals surface area contributed by atoms with Crippen LogP contribution in [0, 0.1) is 6.92 Å². The van der Waals surface area contributed by atoms with Gasteiger partial charge in [-0.3, -0.25) is 0 Å². The molecule has 0 bridgehead atoms. The number of aromatic nitrogens is 2. The summed E-state index contributed by atoms with van der Waals surface area (Å²) < 4.78 is 10.6. The lowest BCUT2D eigenvalue weighted by Crippen LogP contribution is -1.89. The number of aryl methyl sites for hydroxylation is 1. The SMILES string of the molecule is COc1ccc(C)cc1-c1nnc(C(C)O)o1. The van der Waals surface area contributed by atoms with Crippen LogP contribution in [-0.2, 0) is 0 Å². The Morgan fingerprint density at radius 1 is 1.35 bits per heavy atom. The van der Waals surface area contributed by atoms with Gasteiger partial charge in [-0.1, -0.05) is 11.6 Å². The smallest absolute Gasteiger partial charge is 0.251 e. The average Bonchev–Trinajstić information content (AvgIpc) is 2.78. The molecule has 1 unspecified atom stereocenters. The van der Waals surface area contributed by atoms with Crippen LogP contribution in [0.25, 0.3) is 11.5 Å². The van der Waals surface area contributed by atoms with Gasteiger partial charge in [-0.05, 0) is 26.0 Å². The molecule has 1 aromatic heterocycles. The highest BCUT2D eigenvalue weighted by molar-refractivity contribution is 5.63.